The number of ketones is 2. The zero-order valence-corrected chi connectivity index (χ0v) is 18.6. The first-order valence-electron chi connectivity index (χ1n) is 9.28. The molecule has 164 valence electrons. The molecule has 0 fully saturated rings. The van der Waals surface area contributed by atoms with E-state index in [9.17, 15) is 22.8 Å². The van der Waals surface area contributed by atoms with Crippen LogP contribution in [0.15, 0.2) is 11.2 Å². The van der Waals surface area contributed by atoms with Crippen molar-refractivity contribution in [3.05, 3.63) is 34.5 Å². The summed E-state index contributed by atoms with van der Waals surface area (Å²) in [6.45, 7) is 7.63. The fourth-order valence-corrected chi connectivity index (χ4v) is 4.12. The van der Waals surface area contributed by atoms with Crippen LogP contribution in [0.1, 0.15) is 58.2 Å². The Morgan fingerprint density at radius 3 is 2.40 bits per heavy atom. The van der Waals surface area contributed by atoms with Gasteiger partial charge in [-0.15, -0.1) is 0 Å². The summed E-state index contributed by atoms with van der Waals surface area (Å²) in [5.41, 5.74) is 1.73. The highest BCUT2D eigenvalue weighted by Crippen LogP contribution is 2.20. The second-order valence-corrected chi connectivity index (χ2v) is 8.78. The van der Waals surface area contributed by atoms with Crippen LogP contribution in [0, 0.1) is 20.8 Å². The van der Waals surface area contributed by atoms with E-state index in [4.69, 9.17) is 4.74 Å². The summed E-state index contributed by atoms with van der Waals surface area (Å²) in [5.74, 6) is -0.838. The van der Waals surface area contributed by atoms with Crippen molar-refractivity contribution in [2.24, 2.45) is 7.05 Å². The molecule has 0 aliphatic heterocycles. The maximum atomic E-state index is 12.6. The number of aromatic nitrogens is 3. The Labute approximate surface area is 175 Å². The molecule has 0 aromatic carbocycles. The smallest absolute Gasteiger partial charge is 0.307 e. The second-order valence-electron chi connectivity index (χ2n) is 7.06. The molecule has 0 radical (unpaired) electrons. The number of nitrogens with zero attached hydrogens (tertiary/aromatic N) is 2. The largest absolute Gasteiger partial charge is 0.454 e. The zero-order valence-electron chi connectivity index (χ0n) is 17.8. The molecule has 2 N–H and O–H groups in total. The van der Waals surface area contributed by atoms with Gasteiger partial charge in [0.1, 0.15) is 5.82 Å². The van der Waals surface area contributed by atoms with Crippen molar-refractivity contribution in [1.29, 1.82) is 0 Å². The highest BCUT2D eigenvalue weighted by Gasteiger charge is 2.26. The Kier molecular flexibility index (Phi) is 6.99. The lowest BCUT2D eigenvalue weighted by atomic mass is 10.0. The summed E-state index contributed by atoms with van der Waals surface area (Å²) < 4.78 is 33.4. The zero-order chi connectivity index (χ0) is 22.8. The Morgan fingerprint density at radius 1 is 1.27 bits per heavy atom. The van der Waals surface area contributed by atoms with Crippen LogP contribution in [0.3, 0.4) is 0 Å². The minimum Gasteiger partial charge on any atom is -0.454 e. The van der Waals surface area contributed by atoms with Crippen LogP contribution in [0.25, 0.3) is 0 Å². The molecule has 0 aliphatic rings. The van der Waals surface area contributed by atoms with Crippen LogP contribution in [0.5, 0.6) is 0 Å². The summed E-state index contributed by atoms with van der Waals surface area (Å²) in [7, 11) is -2.18. The maximum absolute atomic E-state index is 12.6. The number of Topliss-reactive ketones (excluding diaryl/α,β-unsaturated/α-hetero) is 2. The van der Waals surface area contributed by atoms with Gasteiger partial charge in [0.2, 0.25) is 5.78 Å². The van der Waals surface area contributed by atoms with Crippen LogP contribution < -0.4 is 4.72 Å². The number of imidazole rings is 1. The lowest BCUT2D eigenvalue weighted by molar-refractivity contribution is -0.146. The fourth-order valence-electron chi connectivity index (χ4n) is 3.05. The highest BCUT2D eigenvalue weighted by atomic mass is 32.2. The van der Waals surface area contributed by atoms with Gasteiger partial charge in [0.05, 0.1) is 12.1 Å². The van der Waals surface area contributed by atoms with Crippen molar-refractivity contribution in [2.75, 3.05) is 6.54 Å². The molecule has 0 aliphatic carbocycles. The van der Waals surface area contributed by atoms with E-state index in [0.29, 0.717) is 22.6 Å². The van der Waals surface area contributed by atoms with Crippen molar-refractivity contribution >= 4 is 27.6 Å². The molecule has 0 bridgehead atoms. The Balaban J connectivity index is 1.94. The van der Waals surface area contributed by atoms with Crippen LogP contribution in [0.2, 0.25) is 0 Å². The van der Waals surface area contributed by atoms with Gasteiger partial charge in [-0.3, -0.25) is 14.4 Å². The number of ether oxygens (including phenoxy) is 1. The first kappa shape index (κ1) is 23.5. The van der Waals surface area contributed by atoms with Gasteiger partial charge in [-0.1, -0.05) is 0 Å². The maximum Gasteiger partial charge on any atom is 0.307 e. The number of aromatic amines is 1. The standard InChI is InChI=1S/C19H26N4O6S/c1-10-17(12(3)24)11(2)21-18(10)19(26)13(4)29-16(25)7-8-20-30(27,28)15-9-23(6)14(5)22-15/h9,13,20-21H,7-8H2,1-6H3. The highest BCUT2D eigenvalue weighted by molar-refractivity contribution is 7.89. The Hall–Kier alpha value is -2.79. The third-order valence-electron chi connectivity index (χ3n) is 4.70. The molecule has 30 heavy (non-hydrogen) atoms. The molecule has 1 unspecified atom stereocenters. The van der Waals surface area contributed by atoms with E-state index < -0.39 is 27.9 Å². The molecular weight excluding hydrogens is 412 g/mol. The van der Waals surface area contributed by atoms with Crippen LogP contribution in [0.4, 0.5) is 0 Å². The molecule has 0 saturated heterocycles. The number of carbonyl (C=O) groups is 3. The number of sulfonamides is 1. The van der Waals surface area contributed by atoms with Gasteiger partial charge >= 0.3 is 5.97 Å². The van der Waals surface area contributed by atoms with Crippen molar-refractivity contribution in [3.63, 3.8) is 0 Å². The monoisotopic (exact) mass is 438 g/mol. The summed E-state index contributed by atoms with van der Waals surface area (Å²) in [6, 6.07) is 0. The quantitative estimate of drug-likeness (QED) is 0.445. The van der Waals surface area contributed by atoms with E-state index in [1.165, 1.54) is 20.0 Å². The molecule has 2 rings (SSSR count). The summed E-state index contributed by atoms with van der Waals surface area (Å²) in [4.78, 5) is 43.2. The van der Waals surface area contributed by atoms with Gasteiger partial charge in [0, 0.05) is 31.0 Å². The summed E-state index contributed by atoms with van der Waals surface area (Å²) in [6.07, 6.45) is 0.0145. The number of carbonyl (C=O) groups excluding carboxylic acids is 3. The minimum atomic E-state index is -3.85. The number of hydrogen-bond donors (Lipinski definition) is 2. The number of hydrogen-bond acceptors (Lipinski definition) is 7. The van der Waals surface area contributed by atoms with Gasteiger partial charge in [0.15, 0.2) is 16.9 Å². The number of esters is 1. The van der Waals surface area contributed by atoms with E-state index in [1.807, 2.05) is 0 Å². The molecule has 0 saturated carbocycles. The third kappa shape index (κ3) is 5.03. The van der Waals surface area contributed by atoms with Gasteiger partial charge in [-0.05, 0) is 40.2 Å². The Morgan fingerprint density at radius 2 is 1.90 bits per heavy atom. The fraction of sp³-hybridized carbons (Fsp3) is 0.474. The average Bonchev–Trinajstić information content (AvgIpc) is 3.13. The molecule has 11 heteroatoms. The first-order chi connectivity index (χ1) is 13.8. The van der Waals surface area contributed by atoms with E-state index >= 15 is 0 Å². The lowest BCUT2D eigenvalue weighted by Crippen LogP contribution is -2.30. The minimum absolute atomic E-state index is 0.140. The summed E-state index contributed by atoms with van der Waals surface area (Å²) >= 11 is 0. The van der Waals surface area contributed by atoms with Gasteiger partial charge in [-0.2, -0.15) is 0 Å². The van der Waals surface area contributed by atoms with E-state index in [1.54, 1.807) is 32.4 Å². The predicted molar refractivity (Wildman–Crippen MR) is 108 cm³/mol. The van der Waals surface area contributed by atoms with Crippen molar-refractivity contribution in [3.8, 4) is 0 Å². The molecule has 2 heterocycles. The van der Waals surface area contributed by atoms with Crippen molar-refractivity contribution in [1.82, 2.24) is 19.3 Å². The topological polar surface area (TPSA) is 140 Å². The molecule has 1 atom stereocenters. The molecule has 0 amide bonds. The molecule has 10 nitrogen and oxygen atoms in total. The Bertz CT molecular complexity index is 1080. The van der Waals surface area contributed by atoms with Crippen molar-refractivity contribution < 1.29 is 27.5 Å². The normalized spacial score (nSPS) is 12.6. The van der Waals surface area contributed by atoms with Gasteiger partial charge < -0.3 is 14.3 Å². The number of H-pyrrole nitrogens is 1. The molecular formula is C19H26N4O6S. The van der Waals surface area contributed by atoms with Crippen LogP contribution in [-0.2, 0) is 26.6 Å². The number of nitrogens with one attached hydrogen (secondary N) is 2. The number of aryl methyl sites for hydroxylation is 3. The molecule has 0 spiro atoms. The lowest BCUT2D eigenvalue weighted by Gasteiger charge is -2.12. The summed E-state index contributed by atoms with van der Waals surface area (Å²) in [5, 5.41) is -0.140. The van der Waals surface area contributed by atoms with Crippen LogP contribution >= 0.6 is 0 Å². The first-order valence-corrected chi connectivity index (χ1v) is 10.8. The van der Waals surface area contributed by atoms with Crippen LogP contribution in [-0.4, -0.2) is 53.1 Å². The van der Waals surface area contributed by atoms with E-state index in [2.05, 4.69) is 14.7 Å². The SMILES string of the molecule is CC(=O)c1c(C)[nH]c(C(=O)C(C)OC(=O)CCNS(=O)(=O)c2cn(C)c(C)n2)c1C. The van der Waals surface area contributed by atoms with Crippen molar-refractivity contribution in [2.45, 2.75) is 52.2 Å². The molecule has 2 aromatic rings. The second kappa shape index (κ2) is 8.92. The average molecular weight is 439 g/mol. The number of rotatable bonds is 9. The van der Waals surface area contributed by atoms with Gasteiger partial charge in [-0.25, -0.2) is 18.1 Å². The predicted octanol–water partition coefficient (Wildman–Crippen LogP) is 1.36. The third-order valence-corrected chi connectivity index (χ3v) is 6.03. The molecule has 2 aromatic heterocycles. The van der Waals surface area contributed by atoms with Gasteiger partial charge in [0.25, 0.3) is 10.0 Å². The van der Waals surface area contributed by atoms with E-state index in [0.717, 1.165) is 0 Å². The van der Waals surface area contributed by atoms with E-state index in [-0.39, 0.29) is 29.5 Å².